The van der Waals surface area contributed by atoms with E-state index in [0.29, 0.717) is 0 Å². The largest absolute Gasteiger partial charge is 0.452 e. The summed E-state index contributed by atoms with van der Waals surface area (Å²) >= 11 is 2.94. The van der Waals surface area contributed by atoms with E-state index in [0.717, 1.165) is 0 Å². The van der Waals surface area contributed by atoms with Crippen LogP contribution in [0.4, 0.5) is 16.3 Å². The van der Waals surface area contributed by atoms with E-state index in [1.165, 1.54) is 19.2 Å². The van der Waals surface area contributed by atoms with Gasteiger partial charge in [-0.15, -0.1) is 0 Å². The Hall–Kier alpha value is -1.90. The van der Waals surface area contributed by atoms with Crippen LogP contribution in [0.1, 0.15) is 0 Å². The number of ether oxygens (including phenoxy) is 1. The fourth-order valence-electron chi connectivity index (χ4n) is 0.799. The number of methoxy groups -OCH3 is 1. The summed E-state index contributed by atoms with van der Waals surface area (Å²) in [4.78, 5) is 24.4. The molecule has 2 N–H and O–H groups in total. The van der Waals surface area contributed by atoms with Gasteiger partial charge in [0.15, 0.2) is 4.60 Å². The highest BCUT2D eigenvalue weighted by Gasteiger charge is 2.13. The molecule has 86 valence electrons. The standard InChI is InChI=1S/C7H7BrN4O4/c1-16-7(13)11-10-5-3-2-4(12(14)15)6(8)9-5/h2-3H,1H3,(H,9,10)(H,11,13). The summed E-state index contributed by atoms with van der Waals surface area (Å²) in [5.41, 5.74) is 4.41. The van der Waals surface area contributed by atoms with E-state index in [2.05, 4.69) is 36.5 Å². The molecule has 0 unspecified atom stereocenters. The summed E-state index contributed by atoms with van der Waals surface area (Å²) in [6.07, 6.45) is -0.698. The molecule has 0 aromatic carbocycles. The summed E-state index contributed by atoms with van der Waals surface area (Å²) < 4.78 is 4.37. The minimum atomic E-state index is -0.698. The summed E-state index contributed by atoms with van der Waals surface area (Å²) in [5, 5.41) is 10.5. The lowest BCUT2D eigenvalue weighted by Gasteiger charge is -2.06. The number of hydrogen-bond donors (Lipinski definition) is 2. The van der Waals surface area contributed by atoms with Gasteiger partial charge in [0.1, 0.15) is 5.82 Å². The highest BCUT2D eigenvalue weighted by molar-refractivity contribution is 9.10. The third kappa shape index (κ3) is 3.05. The highest BCUT2D eigenvalue weighted by Crippen LogP contribution is 2.23. The second kappa shape index (κ2) is 5.26. The Morgan fingerprint density at radius 3 is 2.81 bits per heavy atom. The first-order valence-electron chi connectivity index (χ1n) is 3.95. The Kier molecular flexibility index (Phi) is 4.00. The minimum absolute atomic E-state index is 0.0640. The predicted molar refractivity (Wildman–Crippen MR) is 57.8 cm³/mol. The van der Waals surface area contributed by atoms with Crippen molar-refractivity contribution in [3.63, 3.8) is 0 Å². The molecule has 0 aliphatic rings. The van der Waals surface area contributed by atoms with Crippen LogP contribution >= 0.6 is 15.9 Å². The van der Waals surface area contributed by atoms with Crippen LogP contribution in [0, 0.1) is 10.1 Å². The molecule has 1 amide bonds. The fourth-order valence-corrected chi connectivity index (χ4v) is 1.27. The van der Waals surface area contributed by atoms with E-state index in [4.69, 9.17) is 0 Å². The molecule has 16 heavy (non-hydrogen) atoms. The van der Waals surface area contributed by atoms with E-state index >= 15 is 0 Å². The summed E-state index contributed by atoms with van der Waals surface area (Å²) in [6, 6.07) is 2.59. The minimum Gasteiger partial charge on any atom is -0.452 e. The maximum absolute atomic E-state index is 10.7. The van der Waals surface area contributed by atoms with Crippen LogP contribution in [-0.2, 0) is 4.74 Å². The molecule has 0 saturated carbocycles. The van der Waals surface area contributed by atoms with Crippen LogP contribution in [0.15, 0.2) is 16.7 Å². The molecular weight excluding hydrogens is 284 g/mol. The molecule has 0 saturated heterocycles. The summed E-state index contributed by atoms with van der Waals surface area (Å²) in [5.74, 6) is 0.239. The van der Waals surface area contributed by atoms with Gasteiger partial charge >= 0.3 is 11.8 Å². The number of halogens is 1. The number of aromatic nitrogens is 1. The molecule has 0 fully saturated rings. The Morgan fingerprint density at radius 1 is 1.62 bits per heavy atom. The second-order valence-electron chi connectivity index (χ2n) is 2.51. The van der Waals surface area contributed by atoms with E-state index < -0.39 is 11.0 Å². The summed E-state index contributed by atoms with van der Waals surface area (Å²) in [6.45, 7) is 0. The molecule has 0 bridgehead atoms. The highest BCUT2D eigenvalue weighted by atomic mass is 79.9. The van der Waals surface area contributed by atoms with Crippen molar-refractivity contribution >= 4 is 33.5 Å². The molecule has 1 aromatic rings. The quantitative estimate of drug-likeness (QED) is 0.495. The number of anilines is 1. The lowest BCUT2D eigenvalue weighted by atomic mass is 10.4. The van der Waals surface area contributed by atoms with Gasteiger partial charge in [-0.2, -0.15) is 0 Å². The topological polar surface area (TPSA) is 106 Å². The Balaban J connectivity index is 2.74. The van der Waals surface area contributed by atoms with Gasteiger partial charge in [0.05, 0.1) is 12.0 Å². The predicted octanol–water partition coefficient (Wildman–Crippen LogP) is 1.44. The van der Waals surface area contributed by atoms with Crippen molar-refractivity contribution in [2.24, 2.45) is 0 Å². The number of hydrogen-bond acceptors (Lipinski definition) is 6. The zero-order valence-electron chi connectivity index (χ0n) is 8.06. The normalized spacial score (nSPS) is 9.38. The molecule has 8 nitrogen and oxygen atoms in total. The first kappa shape index (κ1) is 12.2. The lowest BCUT2D eigenvalue weighted by Crippen LogP contribution is -2.29. The average molecular weight is 291 g/mol. The molecule has 1 rings (SSSR count). The third-order valence-electron chi connectivity index (χ3n) is 1.50. The van der Waals surface area contributed by atoms with Crippen molar-refractivity contribution in [1.29, 1.82) is 0 Å². The van der Waals surface area contributed by atoms with Crippen molar-refractivity contribution in [3.05, 3.63) is 26.9 Å². The van der Waals surface area contributed by atoms with Crippen molar-refractivity contribution in [2.75, 3.05) is 12.5 Å². The summed E-state index contributed by atoms with van der Waals surface area (Å²) in [7, 11) is 1.20. The number of nitrogens with zero attached hydrogens (tertiary/aromatic N) is 2. The smallest absolute Gasteiger partial charge is 0.425 e. The first-order chi connectivity index (χ1) is 7.54. The van der Waals surface area contributed by atoms with E-state index in [9.17, 15) is 14.9 Å². The van der Waals surface area contributed by atoms with Gasteiger partial charge in [-0.05, 0) is 22.0 Å². The SMILES string of the molecule is COC(=O)NNc1ccc([N+](=O)[O-])c(Br)n1. The maximum atomic E-state index is 10.7. The van der Waals surface area contributed by atoms with Crippen LogP contribution in [0.25, 0.3) is 0 Å². The zero-order chi connectivity index (χ0) is 12.1. The van der Waals surface area contributed by atoms with Gasteiger partial charge in [0, 0.05) is 6.07 Å². The van der Waals surface area contributed by atoms with Crippen LogP contribution in [0.5, 0.6) is 0 Å². The van der Waals surface area contributed by atoms with Crippen molar-refractivity contribution in [1.82, 2.24) is 10.4 Å². The van der Waals surface area contributed by atoms with Gasteiger partial charge in [-0.25, -0.2) is 15.2 Å². The van der Waals surface area contributed by atoms with Crippen molar-refractivity contribution in [3.8, 4) is 0 Å². The first-order valence-corrected chi connectivity index (χ1v) is 4.75. The molecule has 0 aliphatic heterocycles. The van der Waals surface area contributed by atoms with Gasteiger partial charge in [0.2, 0.25) is 0 Å². The molecule has 1 heterocycles. The molecule has 0 atom stereocenters. The third-order valence-corrected chi connectivity index (χ3v) is 2.09. The molecular formula is C7H7BrN4O4. The number of nitro groups is 1. The monoisotopic (exact) mass is 290 g/mol. The van der Waals surface area contributed by atoms with Crippen LogP contribution in [-0.4, -0.2) is 23.1 Å². The van der Waals surface area contributed by atoms with Gasteiger partial charge in [-0.1, -0.05) is 0 Å². The number of pyridine rings is 1. The number of carbonyl (C=O) groups excluding carboxylic acids is 1. The van der Waals surface area contributed by atoms with Gasteiger partial charge in [0.25, 0.3) is 0 Å². The number of rotatable bonds is 3. The number of nitrogens with one attached hydrogen (secondary N) is 2. The Bertz CT molecular complexity index is 425. The molecule has 0 radical (unpaired) electrons. The Morgan fingerprint density at radius 2 is 2.31 bits per heavy atom. The van der Waals surface area contributed by atoms with Gasteiger partial charge in [-0.3, -0.25) is 15.5 Å². The van der Waals surface area contributed by atoms with Crippen molar-refractivity contribution in [2.45, 2.75) is 0 Å². The van der Waals surface area contributed by atoms with Crippen LogP contribution < -0.4 is 10.9 Å². The van der Waals surface area contributed by atoms with Crippen molar-refractivity contribution < 1.29 is 14.5 Å². The molecule has 9 heteroatoms. The fraction of sp³-hybridized carbons (Fsp3) is 0.143. The number of hydrazine groups is 1. The van der Waals surface area contributed by atoms with Crippen LogP contribution in [0.2, 0.25) is 0 Å². The van der Waals surface area contributed by atoms with Gasteiger partial charge < -0.3 is 4.74 Å². The average Bonchev–Trinajstić information content (AvgIpc) is 2.25. The van der Waals surface area contributed by atoms with E-state index in [1.54, 1.807) is 0 Å². The maximum Gasteiger partial charge on any atom is 0.425 e. The number of carbonyl (C=O) groups is 1. The molecule has 0 spiro atoms. The van der Waals surface area contributed by atoms with E-state index in [1.807, 2.05) is 0 Å². The number of amides is 1. The zero-order valence-corrected chi connectivity index (χ0v) is 9.65. The lowest BCUT2D eigenvalue weighted by molar-refractivity contribution is -0.386. The second-order valence-corrected chi connectivity index (χ2v) is 3.26. The van der Waals surface area contributed by atoms with Crippen LogP contribution in [0.3, 0.4) is 0 Å². The Labute approximate surface area is 98.2 Å². The molecule has 1 aromatic heterocycles. The molecule has 0 aliphatic carbocycles. The van der Waals surface area contributed by atoms with E-state index in [-0.39, 0.29) is 16.1 Å².